The van der Waals surface area contributed by atoms with Crippen LogP contribution >= 0.6 is 0 Å². The Morgan fingerprint density at radius 3 is 2.10 bits per heavy atom. The summed E-state index contributed by atoms with van der Waals surface area (Å²) in [5.41, 5.74) is -0.531. The second-order valence-corrected chi connectivity index (χ2v) is 7.32. The molecule has 1 radical (unpaired) electrons. The van der Waals surface area contributed by atoms with Crippen LogP contribution in [0, 0.1) is 0 Å². The minimum Gasteiger partial charge on any atom is -0.481 e. The molecule has 2 heterocycles. The van der Waals surface area contributed by atoms with E-state index in [-0.39, 0.29) is 5.97 Å². The zero-order valence-electron chi connectivity index (χ0n) is 12.7. The van der Waals surface area contributed by atoms with Crippen molar-refractivity contribution in [2.75, 3.05) is 0 Å². The van der Waals surface area contributed by atoms with Crippen LogP contribution in [0.15, 0.2) is 0 Å². The molecule has 2 unspecified atom stereocenters. The summed E-state index contributed by atoms with van der Waals surface area (Å²) in [6.07, 6.45) is 5.41. The van der Waals surface area contributed by atoms with Gasteiger partial charge in [-0.3, -0.25) is 9.59 Å². The molecule has 111 valence electrons. The van der Waals surface area contributed by atoms with Crippen molar-refractivity contribution >= 4 is 19.2 Å². The molecule has 0 amide bonds. The van der Waals surface area contributed by atoms with E-state index in [1.165, 1.54) is 0 Å². The zero-order chi connectivity index (χ0) is 15.0. The van der Waals surface area contributed by atoms with E-state index in [0.29, 0.717) is 19.3 Å². The van der Waals surface area contributed by atoms with Crippen molar-refractivity contribution in [2.45, 2.75) is 81.9 Å². The largest absolute Gasteiger partial charge is 0.481 e. The van der Waals surface area contributed by atoms with Crippen LogP contribution in [-0.4, -0.2) is 29.9 Å². The summed E-state index contributed by atoms with van der Waals surface area (Å²) in [6, 6.07) is 0. The third kappa shape index (κ3) is 2.86. The van der Waals surface area contributed by atoms with Gasteiger partial charge in [0.25, 0.3) is 0 Å². The maximum atomic E-state index is 12.6. The quantitative estimate of drug-likeness (QED) is 0.622. The van der Waals surface area contributed by atoms with Gasteiger partial charge in [-0.1, -0.05) is 19.3 Å². The van der Waals surface area contributed by atoms with Crippen LogP contribution in [0.25, 0.3) is 0 Å². The van der Waals surface area contributed by atoms with Crippen molar-refractivity contribution in [3.63, 3.8) is 0 Å². The van der Waals surface area contributed by atoms with Gasteiger partial charge in [0.05, 0.1) is 0 Å². The lowest BCUT2D eigenvalue weighted by Gasteiger charge is -2.34. The molecular weight excluding hydrogens is 255 g/mol. The molecule has 0 saturated carbocycles. The lowest BCUT2D eigenvalue weighted by molar-refractivity contribution is -0.159. The molecule has 2 aliphatic rings. The molecule has 4 nitrogen and oxygen atoms in total. The maximum absolute atomic E-state index is 12.6. The van der Waals surface area contributed by atoms with Gasteiger partial charge in [-0.15, -0.1) is 0 Å². The average molecular weight is 279 g/mol. The number of carboxylic acids is 1. The molecule has 2 fully saturated rings. The second kappa shape index (κ2) is 5.08. The highest BCUT2D eigenvalue weighted by Crippen LogP contribution is 2.59. The summed E-state index contributed by atoms with van der Waals surface area (Å²) >= 11 is 0. The summed E-state index contributed by atoms with van der Waals surface area (Å²) in [6.45, 7) is 5.55. The molecule has 1 N–H and O–H groups in total. The Labute approximate surface area is 121 Å². The SMILES string of the molecule is CC(C)(C)OC(=O)C12[B]C(C(=O)O)(CCCCC1)CC2. The molecule has 0 aliphatic carbocycles. The van der Waals surface area contributed by atoms with E-state index in [9.17, 15) is 14.7 Å². The fourth-order valence-corrected chi connectivity index (χ4v) is 3.49. The van der Waals surface area contributed by atoms with E-state index in [2.05, 4.69) is 0 Å². The lowest BCUT2D eigenvalue weighted by atomic mass is 9.41. The second-order valence-electron chi connectivity index (χ2n) is 7.32. The van der Waals surface area contributed by atoms with E-state index in [0.717, 1.165) is 25.7 Å². The van der Waals surface area contributed by atoms with Crippen LogP contribution in [0.5, 0.6) is 0 Å². The standard InChI is InChI=1S/C15H24BO4/c1-13(2,3)20-12(19)15-8-6-4-5-7-14(16-15,9-10-15)11(17)18/h4-10H2,1-3H3,(H,17,18). The number of aliphatic carboxylic acids is 1. The van der Waals surface area contributed by atoms with Gasteiger partial charge in [0.2, 0.25) is 0 Å². The smallest absolute Gasteiger partial charge is 0.304 e. The fourth-order valence-electron chi connectivity index (χ4n) is 3.49. The highest BCUT2D eigenvalue weighted by Gasteiger charge is 2.57. The van der Waals surface area contributed by atoms with E-state index >= 15 is 0 Å². The van der Waals surface area contributed by atoms with Gasteiger partial charge in [0.15, 0.2) is 7.28 Å². The van der Waals surface area contributed by atoms with E-state index in [1.54, 1.807) is 0 Å². The molecule has 5 heteroatoms. The Bertz CT molecular complexity index is 415. The number of hydrogen-bond donors (Lipinski definition) is 1. The normalized spacial score (nSPS) is 33.8. The summed E-state index contributed by atoms with van der Waals surface area (Å²) in [5.74, 6) is -1.03. The fraction of sp³-hybridized carbons (Fsp3) is 0.867. The highest BCUT2D eigenvalue weighted by molar-refractivity contribution is 6.56. The molecule has 0 aromatic carbocycles. The van der Waals surface area contributed by atoms with Crippen molar-refractivity contribution in [3.05, 3.63) is 0 Å². The molecule has 20 heavy (non-hydrogen) atoms. The van der Waals surface area contributed by atoms with E-state index in [4.69, 9.17) is 4.74 Å². The molecule has 0 aromatic rings. The first kappa shape index (κ1) is 15.4. The van der Waals surface area contributed by atoms with Gasteiger partial charge < -0.3 is 9.84 Å². The zero-order valence-corrected chi connectivity index (χ0v) is 12.7. The Morgan fingerprint density at radius 2 is 1.55 bits per heavy atom. The molecule has 2 aliphatic heterocycles. The first-order chi connectivity index (χ1) is 9.19. The molecule has 2 rings (SSSR count). The van der Waals surface area contributed by atoms with Gasteiger partial charge >= 0.3 is 11.9 Å². The third-order valence-electron chi connectivity index (χ3n) is 4.55. The van der Waals surface area contributed by atoms with Crippen LogP contribution in [0.4, 0.5) is 0 Å². The Morgan fingerprint density at radius 1 is 1.00 bits per heavy atom. The monoisotopic (exact) mass is 279 g/mol. The third-order valence-corrected chi connectivity index (χ3v) is 4.55. The predicted octanol–water partition coefficient (Wildman–Crippen LogP) is 3.19. The van der Waals surface area contributed by atoms with Gasteiger partial charge in [0.1, 0.15) is 5.60 Å². The summed E-state index contributed by atoms with van der Waals surface area (Å²) in [7, 11) is 1.82. The van der Waals surface area contributed by atoms with Gasteiger partial charge in [-0.25, -0.2) is 0 Å². The number of hydrogen-bond acceptors (Lipinski definition) is 3. The van der Waals surface area contributed by atoms with E-state index < -0.39 is 22.2 Å². The summed E-state index contributed by atoms with van der Waals surface area (Å²) in [4.78, 5) is 24.2. The number of esters is 1. The van der Waals surface area contributed by atoms with Gasteiger partial charge in [0, 0.05) is 10.6 Å². The number of carboxylic acid groups (broad SMARTS) is 1. The number of carbonyl (C=O) groups excluding carboxylic acids is 1. The van der Waals surface area contributed by atoms with Crippen LogP contribution in [0.2, 0.25) is 10.6 Å². The van der Waals surface area contributed by atoms with Crippen LogP contribution in [0.1, 0.15) is 65.7 Å². The van der Waals surface area contributed by atoms with Gasteiger partial charge in [-0.2, -0.15) is 0 Å². The molecule has 2 saturated heterocycles. The summed E-state index contributed by atoms with van der Waals surface area (Å²) in [5, 5.41) is 8.07. The van der Waals surface area contributed by atoms with Crippen molar-refractivity contribution in [1.29, 1.82) is 0 Å². The van der Waals surface area contributed by atoms with Crippen molar-refractivity contribution in [3.8, 4) is 0 Å². The predicted molar refractivity (Wildman–Crippen MR) is 76.9 cm³/mol. The number of rotatable bonds is 2. The van der Waals surface area contributed by atoms with Crippen molar-refractivity contribution in [1.82, 2.24) is 0 Å². The first-order valence-electron chi connectivity index (χ1n) is 7.53. The van der Waals surface area contributed by atoms with Crippen LogP contribution < -0.4 is 0 Å². The number of carbonyl (C=O) groups is 2. The molecule has 2 bridgehead atoms. The molecule has 2 atom stereocenters. The van der Waals surface area contributed by atoms with Crippen LogP contribution in [-0.2, 0) is 14.3 Å². The number of ether oxygens (including phenoxy) is 1. The summed E-state index contributed by atoms with van der Waals surface area (Å²) < 4.78 is 5.56. The Balaban J connectivity index is 2.25. The minimum absolute atomic E-state index is 0.241. The van der Waals surface area contributed by atoms with Crippen molar-refractivity contribution < 1.29 is 19.4 Å². The molecular formula is C15H24BO4. The average Bonchev–Trinajstić information content (AvgIpc) is 2.68. The maximum Gasteiger partial charge on any atom is 0.304 e. The lowest BCUT2D eigenvalue weighted by Crippen LogP contribution is -2.39. The molecule has 0 spiro atoms. The van der Waals surface area contributed by atoms with Crippen LogP contribution in [0.3, 0.4) is 0 Å². The van der Waals surface area contributed by atoms with Gasteiger partial charge in [-0.05, 0) is 46.5 Å². The minimum atomic E-state index is -0.822. The Hall–Kier alpha value is -0.995. The number of fused-ring (bicyclic) bond motifs is 2. The topological polar surface area (TPSA) is 63.6 Å². The van der Waals surface area contributed by atoms with Crippen molar-refractivity contribution in [2.24, 2.45) is 0 Å². The molecule has 0 aromatic heterocycles. The van der Waals surface area contributed by atoms with E-state index in [1.807, 2.05) is 28.1 Å². The highest BCUT2D eigenvalue weighted by atomic mass is 16.6. The Kier molecular flexibility index (Phi) is 3.91. The first-order valence-corrected chi connectivity index (χ1v) is 7.53.